The van der Waals surface area contributed by atoms with Crippen LogP contribution in [0.5, 0.6) is 5.88 Å². The van der Waals surface area contributed by atoms with Crippen molar-refractivity contribution in [1.82, 2.24) is 14.8 Å². The normalized spacial score (nSPS) is 16.0. The molecule has 4 rings (SSSR count). The number of nitrogens with one attached hydrogen (secondary N) is 1. The average Bonchev–Trinajstić information content (AvgIpc) is 3.22. The minimum atomic E-state index is -4.48. The second kappa shape index (κ2) is 7.98. The van der Waals surface area contributed by atoms with Gasteiger partial charge >= 0.3 is 6.18 Å². The van der Waals surface area contributed by atoms with Gasteiger partial charge in [-0.05, 0) is 37.3 Å². The van der Waals surface area contributed by atoms with Crippen LogP contribution in [0, 0.1) is 0 Å². The molecule has 1 unspecified atom stereocenters. The first-order valence-corrected chi connectivity index (χ1v) is 9.58. The maximum absolute atomic E-state index is 13.2. The Labute approximate surface area is 180 Å². The molecule has 2 amide bonds. The number of methoxy groups -OCH3 is 1. The van der Waals surface area contributed by atoms with Crippen LogP contribution < -0.4 is 15.0 Å². The van der Waals surface area contributed by atoms with Crippen LogP contribution in [-0.4, -0.2) is 40.2 Å². The van der Waals surface area contributed by atoms with Crippen molar-refractivity contribution in [3.05, 3.63) is 65.5 Å². The molecule has 1 N–H and O–H groups in total. The molecule has 32 heavy (non-hydrogen) atoms. The van der Waals surface area contributed by atoms with Crippen LogP contribution in [0.1, 0.15) is 39.4 Å². The lowest BCUT2D eigenvalue weighted by Crippen LogP contribution is -2.43. The van der Waals surface area contributed by atoms with E-state index >= 15 is 0 Å². The van der Waals surface area contributed by atoms with Crippen LogP contribution >= 0.6 is 0 Å². The number of hydrogen-bond acceptors (Lipinski definition) is 5. The SMILES string of the molecule is COc1cccc(NC(=O)c2cnn3c2C(=O)N(c2ccc(C(F)(F)F)cc2)CC3C)n1. The molecule has 1 aliphatic heterocycles. The monoisotopic (exact) mass is 445 g/mol. The third kappa shape index (κ3) is 3.88. The van der Waals surface area contributed by atoms with E-state index in [0.29, 0.717) is 11.6 Å². The first-order valence-electron chi connectivity index (χ1n) is 9.58. The number of amides is 2. The van der Waals surface area contributed by atoms with Gasteiger partial charge in [-0.25, -0.2) is 0 Å². The third-order valence-electron chi connectivity index (χ3n) is 5.03. The molecule has 166 valence electrons. The summed E-state index contributed by atoms with van der Waals surface area (Å²) in [7, 11) is 1.44. The van der Waals surface area contributed by atoms with Crippen molar-refractivity contribution in [2.75, 3.05) is 23.9 Å². The van der Waals surface area contributed by atoms with Gasteiger partial charge in [0, 0.05) is 18.3 Å². The fraction of sp³-hybridized carbons (Fsp3) is 0.238. The Kier molecular flexibility index (Phi) is 5.33. The highest BCUT2D eigenvalue weighted by Gasteiger charge is 2.36. The largest absolute Gasteiger partial charge is 0.481 e. The minimum Gasteiger partial charge on any atom is -0.481 e. The van der Waals surface area contributed by atoms with Crippen molar-refractivity contribution in [2.24, 2.45) is 0 Å². The number of benzene rings is 1. The quantitative estimate of drug-likeness (QED) is 0.660. The second-order valence-corrected chi connectivity index (χ2v) is 7.18. The minimum absolute atomic E-state index is 0.0306. The van der Waals surface area contributed by atoms with Crippen LogP contribution in [0.2, 0.25) is 0 Å². The fourth-order valence-corrected chi connectivity index (χ4v) is 3.46. The van der Waals surface area contributed by atoms with Gasteiger partial charge < -0.3 is 15.0 Å². The summed E-state index contributed by atoms with van der Waals surface area (Å²) in [5.41, 5.74) is -0.440. The molecule has 8 nitrogen and oxygen atoms in total. The Hall–Kier alpha value is -3.89. The number of halogens is 3. The zero-order valence-electron chi connectivity index (χ0n) is 17.1. The van der Waals surface area contributed by atoms with E-state index in [1.807, 2.05) is 0 Å². The van der Waals surface area contributed by atoms with Crippen molar-refractivity contribution in [3.63, 3.8) is 0 Å². The van der Waals surface area contributed by atoms with E-state index in [1.54, 1.807) is 25.1 Å². The van der Waals surface area contributed by atoms with Gasteiger partial charge in [-0.2, -0.15) is 23.3 Å². The maximum Gasteiger partial charge on any atom is 0.416 e. The summed E-state index contributed by atoms with van der Waals surface area (Å²) >= 11 is 0. The summed E-state index contributed by atoms with van der Waals surface area (Å²) in [5, 5.41) is 6.78. The van der Waals surface area contributed by atoms with Gasteiger partial charge in [0.25, 0.3) is 11.8 Å². The number of nitrogens with zero attached hydrogens (tertiary/aromatic N) is 4. The van der Waals surface area contributed by atoms with Crippen LogP contribution in [0.4, 0.5) is 24.7 Å². The van der Waals surface area contributed by atoms with Gasteiger partial charge in [-0.3, -0.25) is 14.3 Å². The van der Waals surface area contributed by atoms with Gasteiger partial charge in [0.05, 0.1) is 30.5 Å². The number of carbonyl (C=O) groups excluding carboxylic acids is 2. The van der Waals surface area contributed by atoms with E-state index in [9.17, 15) is 22.8 Å². The maximum atomic E-state index is 13.2. The van der Waals surface area contributed by atoms with E-state index in [2.05, 4.69) is 15.4 Å². The number of anilines is 2. The van der Waals surface area contributed by atoms with Crippen LogP contribution in [-0.2, 0) is 6.18 Å². The highest BCUT2D eigenvalue weighted by molar-refractivity contribution is 6.15. The number of rotatable bonds is 4. The van der Waals surface area contributed by atoms with Gasteiger partial charge in [0.1, 0.15) is 11.5 Å². The number of alkyl halides is 3. The number of aromatic nitrogens is 3. The molecule has 1 aromatic carbocycles. The topological polar surface area (TPSA) is 89.3 Å². The van der Waals surface area contributed by atoms with Crippen LogP contribution in [0.25, 0.3) is 0 Å². The van der Waals surface area contributed by atoms with Gasteiger partial charge in [-0.15, -0.1) is 0 Å². The molecule has 2 aromatic heterocycles. The Balaban J connectivity index is 1.63. The molecule has 0 radical (unpaired) electrons. The van der Waals surface area contributed by atoms with E-state index in [0.717, 1.165) is 12.1 Å². The van der Waals surface area contributed by atoms with Gasteiger partial charge in [-0.1, -0.05) is 6.07 Å². The molecule has 3 aromatic rings. The molecule has 0 bridgehead atoms. The summed E-state index contributed by atoms with van der Waals surface area (Å²) in [6, 6.07) is 8.83. The zero-order valence-corrected chi connectivity index (χ0v) is 17.1. The van der Waals surface area contributed by atoms with Crippen molar-refractivity contribution in [3.8, 4) is 5.88 Å². The van der Waals surface area contributed by atoms with Gasteiger partial charge in [0.2, 0.25) is 5.88 Å². The molecule has 1 aliphatic rings. The van der Waals surface area contributed by atoms with Crippen LogP contribution in [0.15, 0.2) is 48.7 Å². The summed E-state index contributed by atoms with van der Waals surface area (Å²) < 4.78 is 45.1. The number of fused-ring (bicyclic) bond motifs is 1. The Bertz CT molecular complexity index is 1170. The van der Waals surface area contributed by atoms with Crippen molar-refractivity contribution >= 4 is 23.3 Å². The Morgan fingerprint density at radius 2 is 1.91 bits per heavy atom. The summed E-state index contributed by atoms with van der Waals surface area (Å²) in [6.45, 7) is 1.99. The molecule has 0 spiro atoms. The molecule has 11 heteroatoms. The summed E-state index contributed by atoms with van der Waals surface area (Å²) in [5.74, 6) is -0.603. The van der Waals surface area contributed by atoms with E-state index < -0.39 is 23.6 Å². The lowest BCUT2D eigenvalue weighted by molar-refractivity contribution is -0.137. The molecule has 0 saturated heterocycles. The van der Waals surface area contributed by atoms with Crippen LogP contribution in [0.3, 0.4) is 0 Å². The molecule has 1 atom stereocenters. The smallest absolute Gasteiger partial charge is 0.416 e. The van der Waals surface area contributed by atoms with E-state index in [1.165, 1.54) is 35.0 Å². The van der Waals surface area contributed by atoms with E-state index in [-0.39, 0.29) is 29.7 Å². The number of carbonyl (C=O) groups is 2. The fourth-order valence-electron chi connectivity index (χ4n) is 3.46. The third-order valence-corrected chi connectivity index (χ3v) is 5.03. The predicted octanol–water partition coefficient (Wildman–Crippen LogP) is 3.78. The first kappa shape index (κ1) is 21.3. The molecule has 0 saturated carbocycles. The standard InChI is InChI=1S/C21H18F3N5O3/c1-12-11-28(14-8-6-13(7-9-14)21(22,23)24)20(31)18-15(10-25-29(12)18)19(30)27-16-4-3-5-17(26-16)32-2/h3-10,12H,11H2,1-2H3,(H,26,27,30). The zero-order chi connectivity index (χ0) is 23.0. The first-order chi connectivity index (χ1) is 15.2. The molecule has 0 fully saturated rings. The Morgan fingerprint density at radius 1 is 1.19 bits per heavy atom. The van der Waals surface area contributed by atoms with Gasteiger partial charge in [0.15, 0.2) is 0 Å². The average molecular weight is 445 g/mol. The van der Waals surface area contributed by atoms with Crippen molar-refractivity contribution in [1.29, 1.82) is 0 Å². The lowest BCUT2D eigenvalue weighted by atomic mass is 10.1. The molecular weight excluding hydrogens is 427 g/mol. The second-order valence-electron chi connectivity index (χ2n) is 7.18. The number of hydrogen-bond donors (Lipinski definition) is 1. The lowest BCUT2D eigenvalue weighted by Gasteiger charge is -2.32. The number of pyridine rings is 1. The predicted molar refractivity (Wildman–Crippen MR) is 109 cm³/mol. The molecule has 0 aliphatic carbocycles. The molecular formula is C21H18F3N5O3. The highest BCUT2D eigenvalue weighted by atomic mass is 19.4. The summed E-state index contributed by atoms with van der Waals surface area (Å²) in [6.07, 6.45) is -3.19. The Morgan fingerprint density at radius 3 is 2.56 bits per heavy atom. The van der Waals surface area contributed by atoms with Crippen molar-refractivity contribution < 1.29 is 27.5 Å². The number of ether oxygens (including phenoxy) is 1. The summed E-state index contributed by atoms with van der Waals surface area (Å²) in [4.78, 5) is 31.5. The molecule has 3 heterocycles. The highest BCUT2D eigenvalue weighted by Crippen LogP contribution is 2.33. The van der Waals surface area contributed by atoms with E-state index in [4.69, 9.17) is 4.74 Å². The van der Waals surface area contributed by atoms with Crippen molar-refractivity contribution in [2.45, 2.75) is 19.1 Å².